The zero-order valence-electron chi connectivity index (χ0n) is 12.7. The molecule has 1 aliphatic heterocycles. The molecule has 0 saturated carbocycles. The molecule has 1 aromatic rings. The van der Waals surface area contributed by atoms with Gasteiger partial charge in [-0.3, -0.25) is 4.79 Å². The highest BCUT2D eigenvalue weighted by atomic mass is 16.5. The van der Waals surface area contributed by atoms with Crippen LogP contribution >= 0.6 is 0 Å². The highest BCUT2D eigenvalue weighted by Crippen LogP contribution is 2.34. The number of benzene rings is 1. The van der Waals surface area contributed by atoms with Crippen molar-refractivity contribution in [2.45, 2.75) is 26.2 Å². The highest BCUT2D eigenvalue weighted by Gasteiger charge is 2.38. The number of rotatable bonds is 4. The van der Waals surface area contributed by atoms with Crippen molar-refractivity contribution in [3.05, 3.63) is 23.3 Å². The van der Waals surface area contributed by atoms with Crippen LogP contribution in [0.3, 0.4) is 0 Å². The van der Waals surface area contributed by atoms with Gasteiger partial charge >= 0.3 is 13.1 Å². The van der Waals surface area contributed by atoms with Gasteiger partial charge in [0.25, 0.3) is 0 Å². The lowest BCUT2D eigenvalue weighted by atomic mass is 9.72. The van der Waals surface area contributed by atoms with E-state index in [9.17, 15) is 14.6 Å². The molecule has 0 bridgehead atoms. The molecule has 2 rings (SSSR count). The van der Waals surface area contributed by atoms with Crippen molar-refractivity contribution in [3.8, 4) is 11.5 Å². The van der Waals surface area contributed by atoms with Crippen LogP contribution in [0, 0.1) is 0 Å². The first-order valence-corrected chi connectivity index (χ1v) is 6.96. The van der Waals surface area contributed by atoms with Gasteiger partial charge in [0.15, 0.2) is 0 Å². The van der Waals surface area contributed by atoms with Gasteiger partial charge in [0, 0.05) is 6.92 Å². The van der Waals surface area contributed by atoms with E-state index in [1.807, 2.05) is 0 Å². The summed E-state index contributed by atoms with van der Waals surface area (Å²) in [6, 6.07) is 3.21. The zero-order valence-corrected chi connectivity index (χ0v) is 12.7. The van der Waals surface area contributed by atoms with Crippen molar-refractivity contribution in [2.24, 2.45) is 0 Å². The summed E-state index contributed by atoms with van der Waals surface area (Å²) in [4.78, 5) is 23.2. The number of carbonyl (C=O) groups excluding carboxylic acids is 2. The SMILES string of the molecule is CCOC(=O)c1cc(OC)cc2c1OB(O)C(NC(C)=O)C2. The number of amides is 1. The second-order valence-electron chi connectivity index (χ2n) is 4.90. The highest BCUT2D eigenvalue weighted by molar-refractivity contribution is 6.47. The third-order valence-corrected chi connectivity index (χ3v) is 3.28. The molecule has 0 saturated heterocycles. The van der Waals surface area contributed by atoms with Crippen LogP contribution in [0.1, 0.15) is 29.8 Å². The summed E-state index contributed by atoms with van der Waals surface area (Å²) in [7, 11) is 0.249. The summed E-state index contributed by atoms with van der Waals surface area (Å²) >= 11 is 0. The van der Waals surface area contributed by atoms with E-state index >= 15 is 0 Å². The largest absolute Gasteiger partial charge is 0.547 e. The summed E-state index contributed by atoms with van der Waals surface area (Å²) in [5.41, 5.74) is 0.850. The Morgan fingerprint density at radius 2 is 2.23 bits per heavy atom. The van der Waals surface area contributed by atoms with Crippen molar-refractivity contribution >= 4 is 19.0 Å². The Morgan fingerprint density at radius 3 is 2.82 bits per heavy atom. The lowest BCUT2D eigenvalue weighted by Gasteiger charge is -2.29. The minimum atomic E-state index is -1.24. The molecule has 118 valence electrons. The zero-order chi connectivity index (χ0) is 16.3. The van der Waals surface area contributed by atoms with E-state index in [0.717, 1.165) is 0 Å². The van der Waals surface area contributed by atoms with Crippen molar-refractivity contribution in [2.75, 3.05) is 13.7 Å². The van der Waals surface area contributed by atoms with Crippen molar-refractivity contribution in [1.82, 2.24) is 5.32 Å². The number of hydrogen-bond acceptors (Lipinski definition) is 6. The van der Waals surface area contributed by atoms with Gasteiger partial charge < -0.3 is 24.5 Å². The topological polar surface area (TPSA) is 94.1 Å². The summed E-state index contributed by atoms with van der Waals surface area (Å²) in [6.07, 6.45) is 0.319. The number of methoxy groups -OCH3 is 1. The van der Waals surface area contributed by atoms with Crippen LogP contribution in [0.5, 0.6) is 11.5 Å². The van der Waals surface area contributed by atoms with Crippen molar-refractivity contribution in [3.63, 3.8) is 0 Å². The molecule has 8 heteroatoms. The van der Waals surface area contributed by atoms with Gasteiger partial charge in [-0.25, -0.2) is 4.79 Å². The van der Waals surface area contributed by atoms with Gasteiger partial charge in [-0.15, -0.1) is 0 Å². The van der Waals surface area contributed by atoms with Gasteiger partial charge in [0.1, 0.15) is 17.1 Å². The van der Waals surface area contributed by atoms with E-state index in [1.165, 1.54) is 20.1 Å². The summed E-state index contributed by atoms with van der Waals surface area (Å²) < 4.78 is 15.6. The minimum Gasteiger partial charge on any atom is -0.534 e. The van der Waals surface area contributed by atoms with E-state index in [1.54, 1.807) is 13.0 Å². The number of esters is 1. The predicted octanol–water partition coefficient (Wildman–Crippen LogP) is 0.331. The Balaban J connectivity index is 2.40. The van der Waals surface area contributed by atoms with E-state index < -0.39 is 19.0 Å². The third kappa shape index (κ3) is 3.33. The Labute approximate surface area is 128 Å². The molecule has 2 N–H and O–H groups in total. The van der Waals surface area contributed by atoms with Crippen LogP contribution < -0.4 is 14.7 Å². The maximum absolute atomic E-state index is 12.0. The van der Waals surface area contributed by atoms with Crippen LogP contribution in [0.4, 0.5) is 0 Å². The number of carbonyl (C=O) groups is 2. The molecule has 1 heterocycles. The maximum Gasteiger partial charge on any atom is 0.547 e. The first-order valence-electron chi connectivity index (χ1n) is 6.96. The molecule has 1 unspecified atom stereocenters. The average Bonchev–Trinajstić information content (AvgIpc) is 2.46. The Morgan fingerprint density at radius 1 is 1.50 bits per heavy atom. The van der Waals surface area contributed by atoms with Crippen molar-refractivity contribution < 1.29 is 28.7 Å². The summed E-state index contributed by atoms with van der Waals surface area (Å²) in [5, 5.41) is 12.6. The first kappa shape index (κ1) is 16.2. The molecule has 0 spiro atoms. The standard InChI is InChI=1S/C14H18BNO6/c1-4-21-14(18)11-7-10(20-3)5-9-6-12(16-8(2)17)15(19)22-13(9)11/h5,7,12,19H,4,6H2,1-3H3,(H,16,17). The fourth-order valence-electron chi connectivity index (χ4n) is 2.35. The second kappa shape index (κ2) is 6.70. The van der Waals surface area contributed by atoms with E-state index in [-0.39, 0.29) is 23.8 Å². The van der Waals surface area contributed by atoms with E-state index in [4.69, 9.17) is 14.1 Å². The summed E-state index contributed by atoms with van der Waals surface area (Å²) in [5.74, 6) is -0.684. The monoisotopic (exact) mass is 307 g/mol. The molecule has 1 aromatic carbocycles. The molecule has 0 fully saturated rings. The normalized spacial score (nSPS) is 16.4. The molecule has 0 aliphatic carbocycles. The van der Waals surface area contributed by atoms with Gasteiger partial charge in [0.05, 0.1) is 19.7 Å². The van der Waals surface area contributed by atoms with Gasteiger partial charge in [-0.05, 0) is 31.0 Å². The smallest absolute Gasteiger partial charge is 0.534 e. The molecular formula is C14H18BNO6. The fraction of sp³-hybridized carbons (Fsp3) is 0.429. The van der Waals surface area contributed by atoms with Gasteiger partial charge in [0.2, 0.25) is 5.91 Å². The quantitative estimate of drug-likeness (QED) is 0.615. The van der Waals surface area contributed by atoms with Crippen LogP contribution in [0.15, 0.2) is 12.1 Å². The molecule has 22 heavy (non-hydrogen) atoms. The van der Waals surface area contributed by atoms with Crippen LogP contribution in [-0.2, 0) is 16.0 Å². The number of ether oxygens (including phenoxy) is 2. The van der Waals surface area contributed by atoms with E-state index in [0.29, 0.717) is 17.7 Å². The number of nitrogens with one attached hydrogen (secondary N) is 1. The Bertz CT molecular complexity index is 591. The second-order valence-corrected chi connectivity index (χ2v) is 4.90. The van der Waals surface area contributed by atoms with Crippen LogP contribution in [0.2, 0.25) is 0 Å². The number of fused-ring (bicyclic) bond motifs is 1. The third-order valence-electron chi connectivity index (χ3n) is 3.28. The molecule has 0 radical (unpaired) electrons. The van der Waals surface area contributed by atoms with Gasteiger partial charge in [-0.2, -0.15) is 0 Å². The molecule has 0 aromatic heterocycles. The fourth-order valence-corrected chi connectivity index (χ4v) is 2.35. The average molecular weight is 307 g/mol. The lowest BCUT2D eigenvalue weighted by molar-refractivity contribution is -0.119. The van der Waals surface area contributed by atoms with Crippen molar-refractivity contribution in [1.29, 1.82) is 0 Å². The lowest BCUT2D eigenvalue weighted by Crippen LogP contribution is -2.52. The van der Waals surface area contributed by atoms with Crippen LogP contribution in [0.25, 0.3) is 0 Å². The molecular weight excluding hydrogens is 289 g/mol. The van der Waals surface area contributed by atoms with Crippen LogP contribution in [-0.4, -0.2) is 43.7 Å². The molecule has 1 aliphatic rings. The minimum absolute atomic E-state index is 0.191. The Kier molecular flexibility index (Phi) is 4.92. The number of hydrogen-bond donors (Lipinski definition) is 2. The maximum atomic E-state index is 12.0. The molecule has 1 amide bonds. The predicted molar refractivity (Wildman–Crippen MR) is 78.9 cm³/mol. The van der Waals surface area contributed by atoms with E-state index in [2.05, 4.69) is 5.32 Å². The van der Waals surface area contributed by atoms with Gasteiger partial charge in [-0.1, -0.05) is 0 Å². The summed E-state index contributed by atoms with van der Waals surface area (Å²) in [6.45, 7) is 3.28. The molecule has 1 atom stereocenters. The first-order chi connectivity index (χ1) is 10.5. The molecule has 7 nitrogen and oxygen atoms in total. The Hall–Kier alpha value is -2.22.